The van der Waals surface area contributed by atoms with E-state index < -0.39 is 29.8 Å². The number of hydrogen-bond acceptors (Lipinski definition) is 2. The molecule has 1 fully saturated rings. The normalized spacial score (nSPS) is 21.1. The van der Waals surface area contributed by atoms with Gasteiger partial charge in [-0.05, 0) is 61.1 Å². The number of hydrogen-bond donors (Lipinski definition) is 1. The molecule has 1 saturated carbocycles. The van der Waals surface area contributed by atoms with Crippen molar-refractivity contribution >= 4 is 5.97 Å². The summed E-state index contributed by atoms with van der Waals surface area (Å²) in [7, 11) is 0. The summed E-state index contributed by atoms with van der Waals surface area (Å²) in [5, 5.41) is 9.06. The third-order valence-electron chi connectivity index (χ3n) is 5.71. The fraction of sp³-hybridized carbons (Fsp3) is 0.423. The second-order valence-electron chi connectivity index (χ2n) is 9.33. The number of ether oxygens (including phenoxy) is 1. The summed E-state index contributed by atoms with van der Waals surface area (Å²) in [6.45, 7) is 5.99. The van der Waals surface area contributed by atoms with E-state index >= 15 is 0 Å². The van der Waals surface area contributed by atoms with Crippen LogP contribution in [0.4, 0.5) is 17.6 Å². The monoisotopic (exact) mass is 462 g/mol. The van der Waals surface area contributed by atoms with Gasteiger partial charge in [-0.25, -0.2) is 4.39 Å². The highest BCUT2D eigenvalue weighted by molar-refractivity contribution is 5.70. The molecule has 176 valence electrons. The van der Waals surface area contributed by atoms with Crippen LogP contribution < -0.4 is 4.74 Å². The number of alkyl halides is 4. The standard InChI is InChI=1S/C26H26F4O3/c1-25(2,3)21-13-7-17(5-4-16-6-12-20(24(31)32)22(27)14-16)15-23(21)33-19-10-8-18(9-11-19)26(28,29)30/h7-11,13,15-16,20,22H,6,12,14H2,1-3H3,(H,31,32). The Bertz CT molecular complexity index is 1060. The Labute approximate surface area is 190 Å². The third kappa shape index (κ3) is 6.28. The van der Waals surface area contributed by atoms with Crippen molar-refractivity contribution < 1.29 is 32.2 Å². The van der Waals surface area contributed by atoms with Crippen LogP contribution in [-0.2, 0) is 16.4 Å². The lowest BCUT2D eigenvalue weighted by Gasteiger charge is -2.26. The molecule has 1 aliphatic carbocycles. The van der Waals surface area contributed by atoms with Gasteiger partial charge < -0.3 is 9.84 Å². The van der Waals surface area contributed by atoms with Gasteiger partial charge in [0.25, 0.3) is 0 Å². The number of carboxylic acid groups (broad SMARTS) is 1. The van der Waals surface area contributed by atoms with Crippen LogP contribution in [-0.4, -0.2) is 17.2 Å². The summed E-state index contributed by atoms with van der Waals surface area (Å²) in [5.74, 6) is 4.48. The van der Waals surface area contributed by atoms with Crippen LogP contribution in [0.2, 0.25) is 0 Å². The summed E-state index contributed by atoms with van der Waals surface area (Å²) in [6, 6.07) is 9.89. The zero-order valence-electron chi connectivity index (χ0n) is 18.7. The largest absolute Gasteiger partial charge is 0.481 e. The van der Waals surface area contributed by atoms with E-state index in [-0.39, 0.29) is 29.9 Å². The topological polar surface area (TPSA) is 46.5 Å². The van der Waals surface area contributed by atoms with E-state index in [1.807, 2.05) is 32.9 Å². The minimum absolute atomic E-state index is 0.0823. The molecular weight excluding hydrogens is 436 g/mol. The molecule has 33 heavy (non-hydrogen) atoms. The lowest BCUT2D eigenvalue weighted by atomic mass is 9.81. The van der Waals surface area contributed by atoms with Gasteiger partial charge in [0.2, 0.25) is 0 Å². The number of carbonyl (C=O) groups is 1. The van der Waals surface area contributed by atoms with E-state index in [9.17, 15) is 22.4 Å². The zero-order valence-corrected chi connectivity index (χ0v) is 18.7. The summed E-state index contributed by atoms with van der Waals surface area (Å²) < 4.78 is 58.6. The molecule has 3 atom stereocenters. The molecule has 0 bridgehead atoms. The highest BCUT2D eigenvalue weighted by Gasteiger charge is 2.34. The molecule has 3 rings (SSSR count). The SMILES string of the molecule is CC(C)(C)c1ccc(C#CC2CCC(C(=O)O)C(F)C2)cc1Oc1ccc(C(F)(F)F)cc1. The number of aliphatic carboxylic acids is 1. The summed E-state index contributed by atoms with van der Waals surface area (Å²) >= 11 is 0. The Morgan fingerprint density at radius 3 is 2.27 bits per heavy atom. The molecule has 2 aromatic carbocycles. The molecule has 3 unspecified atom stereocenters. The van der Waals surface area contributed by atoms with Crippen LogP contribution in [0.25, 0.3) is 0 Å². The molecule has 3 nitrogen and oxygen atoms in total. The van der Waals surface area contributed by atoms with Gasteiger partial charge in [-0.3, -0.25) is 4.79 Å². The van der Waals surface area contributed by atoms with Gasteiger partial charge in [0, 0.05) is 17.0 Å². The van der Waals surface area contributed by atoms with Gasteiger partial charge in [0.15, 0.2) is 0 Å². The molecule has 7 heteroatoms. The van der Waals surface area contributed by atoms with E-state index in [0.29, 0.717) is 17.7 Å². The maximum atomic E-state index is 14.1. The predicted molar refractivity (Wildman–Crippen MR) is 117 cm³/mol. The van der Waals surface area contributed by atoms with Gasteiger partial charge in [-0.2, -0.15) is 13.2 Å². The van der Waals surface area contributed by atoms with Crippen molar-refractivity contribution in [3.63, 3.8) is 0 Å². The molecule has 1 N–H and O–H groups in total. The second-order valence-corrected chi connectivity index (χ2v) is 9.33. The number of halogens is 4. The summed E-state index contributed by atoms with van der Waals surface area (Å²) in [5.41, 5.74) is 0.442. The first-order valence-electron chi connectivity index (χ1n) is 10.7. The van der Waals surface area contributed by atoms with Crippen LogP contribution in [0, 0.1) is 23.7 Å². The average molecular weight is 462 g/mol. The van der Waals surface area contributed by atoms with E-state index in [0.717, 1.165) is 17.7 Å². The lowest BCUT2D eigenvalue weighted by molar-refractivity contribution is -0.145. The average Bonchev–Trinajstić information content (AvgIpc) is 2.71. The van der Waals surface area contributed by atoms with Crippen LogP contribution in [0.15, 0.2) is 42.5 Å². The van der Waals surface area contributed by atoms with E-state index in [1.54, 1.807) is 6.07 Å². The van der Waals surface area contributed by atoms with Crippen LogP contribution >= 0.6 is 0 Å². The molecule has 1 aliphatic rings. The lowest BCUT2D eigenvalue weighted by Crippen LogP contribution is -2.31. The van der Waals surface area contributed by atoms with Crippen molar-refractivity contribution in [2.24, 2.45) is 11.8 Å². The van der Waals surface area contributed by atoms with Gasteiger partial charge in [0.1, 0.15) is 17.7 Å². The van der Waals surface area contributed by atoms with Gasteiger partial charge >= 0.3 is 12.1 Å². The highest BCUT2D eigenvalue weighted by atomic mass is 19.4. The van der Waals surface area contributed by atoms with Crippen molar-refractivity contribution in [3.8, 4) is 23.3 Å². The maximum absolute atomic E-state index is 14.1. The van der Waals surface area contributed by atoms with Gasteiger partial charge in [-0.15, -0.1) is 0 Å². The third-order valence-corrected chi connectivity index (χ3v) is 5.71. The number of rotatable bonds is 3. The molecule has 0 radical (unpaired) electrons. The summed E-state index contributed by atoms with van der Waals surface area (Å²) in [6.07, 6.45) is -5.00. The number of carboxylic acids is 1. The Morgan fingerprint density at radius 1 is 1.06 bits per heavy atom. The van der Waals surface area contributed by atoms with E-state index in [4.69, 9.17) is 9.84 Å². The Hall–Kier alpha value is -3.01. The van der Waals surface area contributed by atoms with Crippen LogP contribution in [0.1, 0.15) is 56.7 Å². The number of benzene rings is 2. The Morgan fingerprint density at radius 2 is 1.73 bits per heavy atom. The Kier molecular flexibility index (Phi) is 7.06. The van der Waals surface area contributed by atoms with Crippen molar-refractivity contribution in [2.45, 2.75) is 57.8 Å². The minimum atomic E-state index is -4.42. The minimum Gasteiger partial charge on any atom is -0.481 e. The van der Waals surface area contributed by atoms with E-state index in [2.05, 4.69) is 11.8 Å². The van der Waals surface area contributed by atoms with Crippen LogP contribution in [0.3, 0.4) is 0 Å². The van der Waals surface area contributed by atoms with Crippen molar-refractivity contribution in [3.05, 3.63) is 59.2 Å². The Balaban J connectivity index is 1.83. The van der Waals surface area contributed by atoms with Crippen molar-refractivity contribution in [1.82, 2.24) is 0 Å². The molecule has 0 aromatic heterocycles. The maximum Gasteiger partial charge on any atom is 0.416 e. The molecule has 0 heterocycles. The predicted octanol–water partition coefficient (Wildman–Crippen LogP) is 6.99. The smallest absolute Gasteiger partial charge is 0.416 e. The first kappa shape index (κ1) is 24.6. The van der Waals surface area contributed by atoms with E-state index in [1.165, 1.54) is 12.1 Å². The van der Waals surface area contributed by atoms with Crippen molar-refractivity contribution in [2.75, 3.05) is 0 Å². The molecular formula is C26H26F4O3. The highest BCUT2D eigenvalue weighted by Crippen LogP contribution is 2.37. The molecule has 0 saturated heterocycles. The first-order chi connectivity index (χ1) is 15.3. The first-order valence-corrected chi connectivity index (χ1v) is 10.7. The van der Waals surface area contributed by atoms with Gasteiger partial charge in [0.05, 0.1) is 11.5 Å². The fourth-order valence-electron chi connectivity index (χ4n) is 3.85. The molecule has 0 aliphatic heterocycles. The fourth-order valence-corrected chi connectivity index (χ4v) is 3.85. The second kappa shape index (κ2) is 9.46. The van der Waals surface area contributed by atoms with Gasteiger partial charge in [-0.1, -0.05) is 38.7 Å². The van der Waals surface area contributed by atoms with Crippen molar-refractivity contribution in [1.29, 1.82) is 0 Å². The molecule has 0 spiro atoms. The zero-order chi connectivity index (χ0) is 24.4. The van der Waals surface area contributed by atoms with Crippen LogP contribution in [0.5, 0.6) is 11.5 Å². The summed E-state index contributed by atoms with van der Waals surface area (Å²) in [4.78, 5) is 11.1. The quantitative estimate of drug-likeness (QED) is 0.395. The molecule has 0 amide bonds. The molecule has 2 aromatic rings.